The van der Waals surface area contributed by atoms with Crippen LogP contribution in [0.2, 0.25) is 0 Å². The third-order valence-corrected chi connectivity index (χ3v) is 3.46. The molecule has 1 aliphatic heterocycles. The van der Waals surface area contributed by atoms with Crippen LogP contribution in [0, 0.1) is 11.8 Å². The Labute approximate surface area is 93.8 Å². The minimum Gasteiger partial charge on any atom is -0.316 e. The summed E-state index contributed by atoms with van der Waals surface area (Å²) in [6.45, 7) is 6.33. The van der Waals surface area contributed by atoms with Crippen LogP contribution in [0.25, 0.3) is 0 Å². The number of rotatable bonds is 7. The molecule has 15 heavy (non-hydrogen) atoms. The average molecular weight is 211 g/mol. The van der Waals surface area contributed by atoms with Gasteiger partial charge in [0.15, 0.2) is 0 Å². The molecule has 0 bridgehead atoms. The highest BCUT2D eigenvalue weighted by Gasteiger charge is 2.28. The Balaban J connectivity index is 2.08. The van der Waals surface area contributed by atoms with Crippen molar-refractivity contribution in [3.8, 4) is 0 Å². The maximum absolute atomic E-state index is 11.8. The van der Waals surface area contributed by atoms with Crippen LogP contribution in [-0.2, 0) is 4.79 Å². The van der Waals surface area contributed by atoms with Crippen LogP contribution in [0.5, 0.6) is 0 Å². The highest BCUT2D eigenvalue weighted by molar-refractivity contribution is 5.81. The van der Waals surface area contributed by atoms with Gasteiger partial charge >= 0.3 is 0 Å². The van der Waals surface area contributed by atoms with Crippen LogP contribution in [0.4, 0.5) is 0 Å². The number of hydrogen-bond donors (Lipinski definition) is 1. The molecule has 0 aromatic rings. The molecule has 0 aromatic carbocycles. The Kier molecular flexibility index (Phi) is 5.92. The predicted molar refractivity (Wildman–Crippen MR) is 63.9 cm³/mol. The number of hydrogen-bond acceptors (Lipinski definition) is 2. The first kappa shape index (κ1) is 12.7. The quantitative estimate of drug-likeness (QED) is 0.656. The van der Waals surface area contributed by atoms with Crippen molar-refractivity contribution in [3.63, 3.8) is 0 Å². The van der Waals surface area contributed by atoms with Crippen molar-refractivity contribution >= 4 is 5.78 Å². The van der Waals surface area contributed by atoms with Gasteiger partial charge in [-0.2, -0.15) is 0 Å². The van der Waals surface area contributed by atoms with E-state index in [1.54, 1.807) is 0 Å². The van der Waals surface area contributed by atoms with E-state index in [0.717, 1.165) is 25.9 Å². The molecule has 2 unspecified atom stereocenters. The van der Waals surface area contributed by atoms with E-state index >= 15 is 0 Å². The number of carbonyl (C=O) groups is 1. The maximum atomic E-state index is 11.8. The Hall–Kier alpha value is -0.370. The molecule has 1 aliphatic rings. The zero-order valence-electron chi connectivity index (χ0n) is 10.2. The molecule has 1 saturated heterocycles. The van der Waals surface area contributed by atoms with E-state index in [9.17, 15) is 4.79 Å². The summed E-state index contributed by atoms with van der Waals surface area (Å²) in [6, 6.07) is 0. The first-order chi connectivity index (χ1) is 7.25. The zero-order chi connectivity index (χ0) is 11.1. The summed E-state index contributed by atoms with van der Waals surface area (Å²) in [4.78, 5) is 11.8. The minimum atomic E-state index is 0.302. The Morgan fingerprint density at radius 1 is 1.20 bits per heavy atom. The van der Waals surface area contributed by atoms with Crippen molar-refractivity contribution in [1.82, 2.24) is 5.32 Å². The molecule has 0 saturated carbocycles. The van der Waals surface area contributed by atoms with Crippen molar-refractivity contribution in [1.29, 1.82) is 0 Å². The normalized spacial score (nSPS) is 25.7. The Morgan fingerprint density at radius 2 is 1.93 bits per heavy atom. The van der Waals surface area contributed by atoms with Crippen LogP contribution < -0.4 is 5.32 Å². The maximum Gasteiger partial charge on any atom is 0.137 e. The molecule has 2 atom stereocenters. The fourth-order valence-corrected chi connectivity index (χ4v) is 2.33. The monoisotopic (exact) mass is 211 g/mol. The molecule has 1 N–H and O–H groups in total. The average Bonchev–Trinajstić information content (AvgIpc) is 2.64. The van der Waals surface area contributed by atoms with E-state index in [0.29, 0.717) is 17.6 Å². The lowest BCUT2D eigenvalue weighted by Gasteiger charge is -2.12. The smallest absolute Gasteiger partial charge is 0.137 e. The summed E-state index contributed by atoms with van der Waals surface area (Å²) in [5, 5.41) is 3.29. The number of nitrogens with one attached hydrogen (secondary N) is 1. The van der Waals surface area contributed by atoms with Crippen LogP contribution in [-0.4, -0.2) is 18.9 Å². The number of carbonyl (C=O) groups excluding carboxylic acids is 1. The first-order valence-electron chi connectivity index (χ1n) is 6.49. The lowest BCUT2D eigenvalue weighted by atomic mass is 9.91. The highest BCUT2D eigenvalue weighted by atomic mass is 16.1. The van der Waals surface area contributed by atoms with E-state index < -0.39 is 0 Å². The summed E-state index contributed by atoms with van der Waals surface area (Å²) in [5.41, 5.74) is 0. The molecule has 2 heteroatoms. The van der Waals surface area contributed by atoms with Gasteiger partial charge in [-0.15, -0.1) is 0 Å². The minimum absolute atomic E-state index is 0.302. The molecule has 0 radical (unpaired) electrons. The van der Waals surface area contributed by atoms with E-state index in [-0.39, 0.29) is 0 Å². The fourth-order valence-electron chi connectivity index (χ4n) is 2.33. The third-order valence-electron chi connectivity index (χ3n) is 3.46. The van der Waals surface area contributed by atoms with E-state index in [1.807, 2.05) is 0 Å². The topological polar surface area (TPSA) is 29.1 Å². The second-order valence-corrected chi connectivity index (χ2v) is 4.87. The lowest BCUT2D eigenvalue weighted by molar-refractivity contribution is -0.123. The Bertz CT molecular complexity index is 191. The summed E-state index contributed by atoms with van der Waals surface area (Å²) >= 11 is 0. The Morgan fingerprint density at radius 3 is 2.53 bits per heavy atom. The number of unbranched alkanes of at least 4 members (excludes halogenated alkanes) is 4. The molecule has 1 rings (SSSR count). The molecule has 1 heterocycles. The summed E-state index contributed by atoms with van der Waals surface area (Å²) in [6.07, 6.45) is 7.02. The van der Waals surface area contributed by atoms with Gasteiger partial charge in [0.05, 0.1) is 0 Å². The molecule has 0 aliphatic carbocycles. The summed E-state index contributed by atoms with van der Waals surface area (Å²) < 4.78 is 0. The molecule has 0 amide bonds. The first-order valence-corrected chi connectivity index (χ1v) is 6.49. The third kappa shape index (κ3) is 4.33. The van der Waals surface area contributed by atoms with Crippen molar-refractivity contribution in [3.05, 3.63) is 0 Å². The van der Waals surface area contributed by atoms with Gasteiger partial charge in [-0.1, -0.05) is 39.5 Å². The molecule has 1 fully saturated rings. The van der Waals surface area contributed by atoms with Gasteiger partial charge in [0, 0.05) is 18.9 Å². The molecule has 0 aromatic heterocycles. The van der Waals surface area contributed by atoms with E-state index in [2.05, 4.69) is 19.2 Å². The molecule has 0 spiro atoms. The molecular formula is C13H25NO. The number of Topliss-reactive ketones (excluding diaryl/α,β-unsaturated/α-hetero) is 1. The fraction of sp³-hybridized carbons (Fsp3) is 0.923. The van der Waals surface area contributed by atoms with Gasteiger partial charge in [0.1, 0.15) is 5.78 Å². The second kappa shape index (κ2) is 7.00. The van der Waals surface area contributed by atoms with Crippen LogP contribution >= 0.6 is 0 Å². The van der Waals surface area contributed by atoms with Crippen molar-refractivity contribution in [2.75, 3.05) is 13.1 Å². The lowest BCUT2D eigenvalue weighted by Crippen LogP contribution is -2.21. The van der Waals surface area contributed by atoms with Gasteiger partial charge in [0.2, 0.25) is 0 Å². The predicted octanol–water partition coefficient (Wildman–Crippen LogP) is 2.77. The van der Waals surface area contributed by atoms with Gasteiger partial charge in [-0.25, -0.2) is 0 Å². The largest absolute Gasteiger partial charge is 0.316 e. The molecule has 88 valence electrons. The van der Waals surface area contributed by atoms with Crippen molar-refractivity contribution in [2.45, 2.75) is 52.4 Å². The molecular weight excluding hydrogens is 186 g/mol. The van der Waals surface area contributed by atoms with Crippen molar-refractivity contribution < 1.29 is 4.79 Å². The van der Waals surface area contributed by atoms with E-state index in [1.165, 1.54) is 25.7 Å². The SMILES string of the molecule is CCCCCCCC(=O)C1CNCC1C. The van der Waals surface area contributed by atoms with Gasteiger partial charge in [-0.3, -0.25) is 4.79 Å². The van der Waals surface area contributed by atoms with E-state index in [4.69, 9.17) is 0 Å². The summed E-state index contributed by atoms with van der Waals surface area (Å²) in [5.74, 6) is 1.34. The van der Waals surface area contributed by atoms with Crippen LogP contribution in [0.15, 0.2) is 0 Å². The molecule has 2 nitrogen and oxygen atoms in total. The van der Waals surface area contributed by atoms with Crippen LogP contribution in [0.1, 0.15) is 52.4 Å². The zero-order valence-corrected chi connectivity index (χ0v) is 10.2. The standard InChI is InChI=1S/C13H25NO/c1-3-4-5-6-7-8-13(15)12-10-14-9-11(12)2/h11-12,14H,3-10H2,1-2H3. The van der Waals surface area contributed by atoms with Crippen molar-refractivity contribution in [2.24, 2.45) is 11.8 Å². The van der Waals surface area contributed by atoms with Crippen LogP contribution in [0.3, 0.4) is 0 Å². The highest BCUT2D eigenvalue weighted by Crippen LogP contribution is 2.19. The number of ketones is 1. The summed E-state index contributed by atoms with van der Waals surface area (Å²) in [7, 11) is 0. The van der Waals surface area contributed by atoms with Gasteiger partial charge < -0.3 is 5.32 Å². The van der Waals surface area contributed by atoms with Gasteiger partial charge in [0.25, 0.3) is 0 Å². The van der Waals surface area contributed by atoms with Gasteiger partial charge in [-0.05, 0) is 18.9 Å². The second-order valence-electron chi connectivity index (χ2n) is 4.87.